The first-order valence-electron chi connectivity index (χ1n) is 6.71. The molecule has 0 aliphatic heterocycles. The van der Waals surface area contributed by atoms with Crippen LogP contribution in [0, 0.1) is 5.92 Å². The lowest BCUT2D eigenvalue weighted by molar-refractivity contribution is -0.140. The van der Waals surface area contributed by atoms with E-state index in [1.54, 1.807) is 0 Å². The number of carbonyl (C=O) groups is 1. The zero-order chi connectivity index (χ0) is 14.4. The molecule has 0 aliphatic rings. The molecular formula is C15H24N2O2. The monoisotopic (exact) mass is 264 g/mol. The van der Waals surface area contributed by atoms with Crippen LogP contribution in [-0.2, 0) is 11.2 Å². The van der Waals surface area contributed by atoms with Crippen molar-refractivity contribution in [3.63, 3.8) is 0 Å². The fraction of sp³-hybridized carbons (Fsp3) is 0.533. The normalized spacial score (nSPS) is 14.3. The maximum absolute atomic E-state index is 11.2. The molecular weight excluding hydrogens is 240 g/mol. The van der Waals surface area contributed by atoms with Gasteiger partial charge in [0, 0.05) is 11.7 Å². The average molecular weight is 264 g/mol. The van der Waals surface area contributed by atoms with Gasteiger partial charge in [-0.1, -0.05) is 26.0 Å². The van der Waals surface area contributed by atoms with E-state index in [0.717, 1.165) is 17.7 Å². The number of carboxylic acids is 1. The summed E-state index contributed by atoms with van der Waals surface area (Å²) in [7, 11) is 0. The number of nitrogen functional groups attached to an aromatic ring is 1. The molecule has 0 spiro atoms. The smallest absolute Gasteiger partial charge is 0.320 e. The van der Waals surface area contributed by atoms with E-state index >= 15 is 0 Å². The van der Waals surface area contributed by atoms with Gasteiger partial charge in [0.05, 0.1) is 0 Å². The zero-order valence-electron chi connectivity index (χ0n) is 11.9. The molecule has 4 N–H and O–H groups in total. The Morgan fingerprint density at radius 1 is 1.26 bits per heavy atom. The van der Waals surface area contributed by atoms with Gasteiger partial charge in [-0.25, -0.2) is 0 Å². The second-order valence-corrected chi connectivity index (χ2v) is 5.53. The van der Waals surface area contributed by atoms with Crippen molar-refractivity contribution in [1.82, 2.24) is 5.32 Å². The Morgan fingerprint density at radius 3 is 2.32 bits per heavy atom. The molecule has 106 valence electrons. The van der Waals surface area contributed by atoms with Crippen LogP contribution in [0.15, 0.2) is 24.3 Å². The summed E-state index contributed by atoms with van der Waals surface area (Å²) in [5.41, 5.74) is 7.54. The van der Waals surface area contributed by atoms with Crippen molar-refractivity contribution < 1.29 is 9.90 Å². The highest BCUT2D eigenvalue weighted by atomic mass is 16.4. The van der Waals surface area contributed by atoms with Crippen LogP contribution in [0.25, 0.3) is 0 Å². The van der Waals surface area contributed by atoms with Crippen molar-refractivity contribution >= 4 is 11.7 Å². The first kappa shape index (κ1) is 15.5. The molecule has 0 saturated carbocycles. The number of benzene rings is 1. The highest BCUT2D eigenvalue weighted by Gasteiger charge is 2.20. The number of hydrogen-bond acceptors (Lipinski definition) is 3. The van der Waals surface area contributed by atoms with Gasteiger partial charge in [-0.05, 0) is 43.4 Å². The summed E-state index contributed by atoms with van der Waals surface area (Å²) in [4.78, 5) is 11.2. The van der Waals surface area contributed by atoms with Crippen molar-refractivity contribution in [1.29, 1.82) is 0 Å². The number of carboxylic acid groups (broad SMARTS) is 1. The third-order valence-electron chi connectivity index (χ3n) is 3.01. The van der Waals surface area contributed by atoms with Crippen LogP contribution in [0.3, 0.4) is 0 Å². The molecule has 0 aromatic heterocycles. The van der Waals surface area contributed by atoms with Crippen LogP contribution in [-0.4, -0.2) is 23.2 Å². The maximum Gasteiger partial charge on any atom is 0.320 e. The third-order valence-corrected chi connectivity index (χ3v) is 3.01. The average Bonchev–Trinajstić information content (AvgIpc) is 2.30. The molecule has 4 heteroatoms. The van der Waals surface area contributed by atoms with Gasteiger partial charge >= 0.3 is 5.97 Å². The van der Waals surface area contributed by atoms with Crippen molar-refractivity contribution in [3.05, 3.63) is 29.8 Å². The molecule has 0 fully saturated rings. The molecule has 4 nitrogen and oxygen atoms in total. The standard InChI is InChI=1S/C15H24N2O2/c1-10(2)8-14(15(18)19)17-11(3)9-12-4-6-13(16)7-5-12/h4-7,10-11,14,17H,8-9,16H2,1-3H3,(H,18,19). The van der Waals surface area contributed by atoms with Gasteiger partial charge in [0.1, 0.15) is 6.04 Å². The summed E-state index contributed by atoms with van der Waals surface area (Å²) in [6.45, 7) is 6.07. The topological polar surface area (TPSA) is 75.3 Å². The number of rotatable bonds is 7. The number of nitrogens with two attached hydrogens (primary N) is 1. The van der Waals surface area contributed by atoms with Gasteiger partial charge in [-0.15, -0.1) is 0 Å². The molecule has 0 heterocycles. The molecule has 0 bridgehead atoms. The Bertz CT molecular complexity index is 401. The number of hydrogen-bond donors (Lipinski definition) is 3. The van der Waals surface area contributed by atoms with Gasteiger partial charge in [-0.2, -0.15) is 0 Å². The molecule has 0 amide bonds. The van der Waals surface area contributed by atoms with Crippen molar-refractivity contribution in [2.75, 3.05) is 5.73 Å². The quantitative estimate of drug-likeness (QED) is 0.660. The van der Waals surface area contributed by atoms with Crippen molar-refractivity contribution in [2.24, 2.45) is 5.92 Å². The Morgan fingerprint density at radius 2 is 1.84 bits per heavy atom. The lowest BCUT2D eigenvalue weighted by Crippen LogP contribution is -2.43. The minimum atomic E-state index is -0.780. The Kier molecular flexibility index (Phi) is 5.83. The fourth-order valence-corrected chi connectivity index (χ4v) is 2.12. The number of aliphatic carboxylic acids is 1. The van der Waals surface area contributed by atoms with Crippen LogP contribution in [0.2, 0.25) is 0 Å². The molecule has 0 radical (unpaired) electrons. The van der Waals surface area contributed by atoms with E-state index in [-0.39, 0.29) is 6.04 Å². The molecule has 1 rings (SSSR count). The van der Waals surface area contributed by atoms with E-state index in [0.29, 0.717) is 12.3 Å². The van der Waals surface area contributed by atoms with Gasteiger partial charge < -0.3 is 16.2 Å². The minimum absolute atomic E-state index is 0.114. The van der Waals surface area contributed by atoms with Crippen LogP contribution in [0.5, 0.6) is 0 Å². The lowest BCUT2D eigenvalue weighted by atomic mass is 10.0. The highest BCUT2D eigenvalue weighted by Crippen LogP contribution is 2.10. The Balaban J connectivity index is 2.54. The van der Waals surface area contributed by atoms with E-state index in [1.807, 2.05) is 45.0 Å². The van der Waals surface area contributed by atoms with Gasteiger partial charge in [0.25, 0.3) is 0 Å². The summed E-state index contributed by atoms with van der Waals surface area (Å²) < 4.78 is 0. The van der Waals surface area contributed by atoms with Crippen LogP contribution >= 0.6 is 0 Å². The number of anilines is 1. The molecule has 2 unspecified atom stereocenters. The first-order chi connectivity index (χ1) is 8.88. The van der Waals surface area contributed by atoms with Gasteiger partial charge in [-0.3, -0.25) is 4.79 Å². The second kappa shape index (κ2) is 7.14. The van der Waals surface area contributed by atoms with Gasteiger partial charge in [0.2, 0.25) is 0 Å². The predicted octanol–water partition coefficient (Wildman–Crippen LogP) is 2.29. The summed E-state index contributed by atoms with van der Waals surface area (Å²) in [6, 6.07) is 7.32. The summed E-state index contributed by atoms with van der Waals surface area (Å²) in [6.07, 6.45) is 1.43. The molecule has 1 aromatic rings. The summed E-state index contributed by atoms with van der Waals surface area (Å²) in [5, 5.41) is 12.4. The predicted molar refractivity (Wildman–Crippen MR) is 78.0 cm³/mol. The fourth-order valence-electron chi connectivity index (χ4n) is 2.12. The van der Waals surface area contributed by atoms with E-state index in [9.17, 15) is 9.90 Å². The van der Waals surface area contributed by atoms with Crippen LogP contribution < -0.4 is 11.1 Å². The molecule has 0 saturated heterocycles. The maximum atomic E-state index is 11.2. The van der Waals surface area contributed by atoms with E-state index in [4.69, 9.17) is 5.73 Å². The van der Waals surface area contributed by atoms with Crippen LogP contribution in [0.1, 0.15) is 32.8 Å². The largest absolute Gasteiger partial charge is 0.480 e. The SMILES string of the molecule is CC(C)CC(NC(C)Cc1ccc(N)cc1)C(=O)O. The van der Waals surface area contributed by atoms with Gasteiger partial charge in [0.15, 0.2) is 0 Å². The van der Waals surface area contributed by atoms with Crippen molar-refractivity contribution in [2.45, 2.75) is 45.7 Å². The Hall–Kier alpha value is -1.55. The lowest BCUT2D eigenvalue weighted by Gasteiger charge is -2.21. The molecule has 19 heavy (non-hydrogen) atoms. The van der Waals surface area contributed by atoms with Crippen LogP contribution in [0.4, 0.5) is 5.69 Å². The van der Waals surface area contributed by atoms with Crippen molar-refractivity contribution in [3.8, 4) is 0 Å². The van der Waals surface area contributed by atoms with E-state index in [1.165, 1.54) is 0 Å². The third kappa shape index (κ3) is 5.75. The second-order valence-electron chi connectivity index (χ2n) is 5.53. The summed E-state index contributed by atoms with van der Waals surface area (Å²) >= 11 is 0. The molecule has 1 aromatic carbocycles. The molecule has 2 atom stereocenters. The molecule has 0 aliphatic carbocycles. The number of nitrogens with one attached hydrogen (secondary N) is 1. The van der Waals surface area contributed by atoms with E-state index in [2.05, 4.69) is 5.32 Å². The zero-order valence-corrected chi connectivity index (χ0v) is 11.9. The van der Waals surface area contributed by atoms with E-state index < -0.39 is 12.0 Å². The highest BCUT2D eigenvalue weighted by molar-refractivity contribution is 5.73. The first-order valence-corrected chi connectivity index (χ1v) is 6.71. The summed E-state index contributed by atoms with van der Waals surface area (Å²) in [5.74, 6) is -0.421. The minimum Gasteiger partial charge on any atom is -0.480 e. The Labute approximate surface area is 115 Å².